The predicted molar refractivity (Wildman–Crippen MR) is 516 cm³/mol. The first-order valence-corrected chi connectivity index (χ1v) is 43.1. The van der Waals surface area contributed by atoms with Gasteiger partial charge in [0.2, 0.25) is 0 Å². The van der Waals surface area contributed by atoms with Crippen LogP contribution in [0.15, 0.2) is 395 Å². The summed E-state index contributed by atoms with van der Waals surface area (Å²) >= 11 is 0. The highest BCUT2D eigenvalue weighted by atomic mass is 15.1. The number of fused-ring (bicyclic) bond motifs is 5. The Hall–Kier alpha value is -12.7. The molecule has 1 aliphatic rings. The van der Waals surface area contributed by atoms with E-state index in [-0.39, 0.29) is 0 Å². The average molecular weight is 1570 g/mol. The number of nitrogens with one attached hydrogen (secondary N) is 3. The minimum absolute atomic E-state index is 0.529. The molecule has 17 rings (SSSR count). The Balaban J connectivity index is 0.000000137. The van der Waals surface area contributed by atoms with Crippen LogP contribution in [0.1, 0.15) is 111 Å². The van der Waals surface area contributed by atoms with Gasteiger partial charge < -0.3 is 15.0 Å². The number of H-pyrrole nitrogens is 3. The molecule has 7 heteroatoms. The van der Waals surface area contributed by atoms with E-state index in [0.29, 0.717) is 5.92 Å². The van der Waals surface area contributed by atoms with Crippen molar-refractivity contribution in [2.24, 2.45) is 0 Å². The van der Waals surface area contributed by atoms with Crippen LogP contribution in [0.25, 0.3) is 73.4 Å². The first-order valence-electron chi connectivity index (χ1n) is 43.1. The minimum Gasteiger partial charge on any atom is -0.361 e. The Morgan fingerprint density at radius 2 is 0.600 bits per heavy atom. The summed E-state index contributed by atoms with van der Waals surface area (Å²) in [4.78, 5) is 20.3. The van der Waals surface area contributed by atoms with Gasteiger partial charge in [-0.1, -0.05) is 409 Å². The average Bonchev–Trinajstić information content (AvgIpc) is 1.62. The van der Waals surface area contributed by atoms with Crippen molar-refractivity contribution in [3.05, 3.63) is 473 Å². The summed E-state index contributed by atoms with van der Waals surface area (Å²) in [7, 11) is 0. The normalized spacial score (nSPS) is 12.5. The van der Waals surface area contributed by atoms with Gasteiger partial charge >= 0.3 is 0 Å². The molecular formula is C113H117N7. The van der Waals surface area contributed by atoms with Gasteiger partial charge in [-0.2, -0.15) is 0 Å². The smallest absolute Gasteiger partial charge is 0.0456 e. The van der Waals surface area contributed by atoms with Gasteiger partial charge in [0.05, 0.1) is 0 Å². The highest BCUT2D eigenvalue weighted by molar-refractivity contribution is 5.87. The van der Waals surface area contributed by atoms with Crippen LogP contribution >= 0.6 is 0 Å². The molecule has 3 heterocycles. The van der Waals surface area contributed by atoms with E-state index in [9.17, 15) is 0 Å². The minimum atomic E-state index is 0.529. The van der Waals surface area contributed by atoms with Crippen LogP contribution in [0.4, 0.5) is 0 Å². The van der Waals surface area contributed by atoms with Crippen molar-refractivity contribution in [2.75, 3.05) is 52.4 Å². The molecule has 13 aromatic carbocycles. The molecule has 1 unspecified atom stereocenters. The van der Waals surface area contributed by atoms with Crippen molar-refractivity contribution >= 4 is 73.4 Å². The molecule has 0 saturated heterocycles. The molecule has 7 nitrogen and oxygen atoms in total. The number of nitrogens with zero attached hydrogens (tertiary/aromatic N) is 4. The van der Waals surface area contributed by atoms with Crippen LogP contribution < -0.4 is 0 Å². The first-order chi connectivity index (χ1) is 59.3. The van der Waals surface area contributed by atoms with Crippen LogP contribution in [-0.2, 0) is 45.4 Å². The lowest BCUT2D eigenvalue weighted by Gasteiger charge is -2.22. The Labute approximate surface area is 713 Å². The van der Waals surface area contributed by atoms with Gasteiger partial charge in [-0.15, -0.1) is 0 Å². The van der Waals surface area contributed by atoms with Gasteiger partial charge in [0, 0.05) is 136 Å². The maximum atomic E-state index is 3.42. The van der Waals surface area contributed by atoms with Gasteiger partial charge in [0.25, 0.3) is 0 Å². The van der Waals surface area contributed by atoms with Gasteiger partial charge in [-0.25, -0.2) is 0 Å². The van der Waals surface area contributed by atoms with Gasteiger partial charge in [-0.3, -0.25) is 19.6 Å². The van der Waals surface area contributed by atoms with E-state index in [1.165, 1.54) is 127 Å². The fraction of sp³-hybridized carbons (Fsp3) is 0.186. The number of aryl methyl sites for hydroxylation is 1. The van der Waals surface area contributed by atoms with Gasteiger partial charge in [0.15, 0.2) is 0 Å². The first kappa shape index (κ1) is 85.2. The summed E-state index contributed by atoms with van der Waals surface area (Å²) in [6.45, 7) is 20.1. The van der Waals surface area contributed by atoms with Crippen LogP contribution in [0.2, 0.25) is 0 Å². The molecule has 1 aliphatic carbocycles. The Kier molecular flexibility index (Phi) is 33.0. The van der Waals surface area contributed by atoms with E-state index in [2.05, 4.69) is 467 Å². The molecule has 604 valence electrons. The van der Waals surface area contributed by atoms with Crippen LogP contribution in [-0.4, -0.2) is 86.9 Å². The number of aromatic amines is 3. The summed E-state index contributed by atoms with van der Waals surface area (Å²) in [6.07, 6.45) is 31.1. The third-order valence-electron chi connectivity index (χ3n) is 22.3. The Morgan fingerprint density at radius 3 is 1.01 bits per heavy atom. The second-order valence-corrected chi connectivity index (χ2v) is 30.9. The van der Waals surface area contributed by atoms with Gasteiger partial charge in [0.1, 0.15) is 0 Å². The number of aromatic nitrogens is 3. The molecule has 0 saturated carbocycles. The third-order valence-corrected chi connectivity index (χ3v) is 22.3. The SMILES string of the molecule is C(=C\c1ccccc1)/CN(CCc1c[nH]c2ccccc12)Cc1cccc2ccccc12.C(=C\c1ccccc1)/CN(CCc1c[nH]c2ccccc12)Cc1ccccc1.CC.CC1C=C(CCN(C/C=C/c2ccccc2)Cc2ccccc2)c2ccccc21.Cc1ccc(CN(C/C=C/c2ccccc2)CCc2c[nH]c3ccccc23)cc1. The number of allylic oxidation sites excluding steroid dienone is 1. The number of benzene rings is 13. The Bertz CT molecular complexity index is 5810. The van der Waals surface area contributed by atoms with Crippen LogP contribution in [0.5, 0.6) is 0 Å². The van der Waals surface area contributed by atoms with Crippen molar-refractivity contribution in [3.8, 4) is 0 Å². The number of hydrogen-bond donors (Lipinski definition) is 3. The number of para-hydroxylation sites is 3. The van der Waals surface area contributed by atoms with E-state index in [1.807, 2.05) is 13.8 Å². The predicted octanol–water partition coefficient (Wildman–Crippen LogP) is 27.1. The fourth-order valence-electron chi connectivity index (χ4n) is 15.9. The molecule has 0 aliphatic heterocycles. The summed E-state index contributed by atoms with van der Waals surface area (Å²) in [5.74, 6) is 0.529. The molecule has 0 radical (unpaired) electrons. The van der Waals surface area contributed by atoms with E-state index >= 15 is 0 Å². The zero-order valence-corrected chi connectivity index (χ0v) is 70.5. The second kappa shape index (κ2) is 46.4. The van der Waals surface area contributed by atoms with E-state index < -0.39 is 0 Å². The van der Waals surface area contributed by atoms with Crippen LogP contribution in [0, 0.1) is 6.92 Å². The van der Waals surface area contributed by atoms with E-state index in [1.54, 1.807) is 0 Å². The maximum absolute atomic E-state index is 3.42. The molecular weight excluding hydrogens is 1460 g/mol. The fourth-order valence-corrected chi connectivity index (χ4v) is 15.9. The largest absolute Gasteiger partial charge is 0.361 e. The van der Waals surface area contributed by atoms with Crippen molar-refractivity contribution in [3.63, 3.8) is 0 Å². The molecule has 16 aromatic rings. The number of hydrogen-bond acceptors (Lipinski definition) is 4. The zero-order chi connectivity index (χ0) is 82.4. The van der Waals surface area contributed by atoms with Crippen molar-refractivity contribution < 1.29 is 0 Å². The highest BCUT2D eigenvalue weighted by Crippen LogP contribution is 2.37. The maximum Gasteiger partial charge on any atom is 0.0456 e. The second-order valence-electron chi connectivity index (χ2n) is 30.9. The highest BCUT2D eigenvalue weighted by Gasteiger charge is 2.21. The zero-order valence-electron chi connectivity index (χ0n) is 70.5. The third kappa shape index (κ3) is 26.1. The molecule has 120 heavy (non-hydrogen) atoms. The molecule has 0 amide bonds. The topological polar surface area (TPSA) is 60.3 Å². The molecule has 0 bridgehead atoms. The molecule has 0 fully saturated rings. The Morgan fingerprint density at radius 1 is 0.283 bits per heavy atom. The van der Waals surface area contributed by atoms with Crippen LogP contribution in [0.3, 0.4) is 0 Å². The molecule has 1 atom stereocenters. The van der Waals surface area contributed by atoms with E-state index in [0.717, 1.165) is 104 Å². The molecule has 3 aromatic heterocycles. The lowest BCUT2D eigenvalue weighted by atomic mass is 10.0. The summed E-state index contributed by atoms with van der Waals surface area (Å²) in [5, 5.41) is 6.66. The lowest BCUT2D eigenvalue weighted by Crippen LogP contribution is -2.26. The quantitative estimate of drug-likeness (QED) is 0.0393. The molecule has 0 spiro atoms. The number of rotatable bonds is 32. The summed E-state index contributed by atoms with van der Waals surface area (Å²) in [5.41, 5.74) is 24.0. The lowest BCUT2D eigenvalue weighted by molar-refractivity contribution is 0.299. The molecule has 3 N–H and O–H groups in total. The van der Waals surface area contributed by atoms with E-state index in [4.69, 9.17) is 0 Å². The summed E-state index contributed by atoms with van der Waals surface area (Å²) < 4.78 is 0. The standard InChI is InChI=1S/C30H28N2.C28H29N.C27H28N2.C26H26N2.C2H6/c1-2-10-24(11-3-1)12-9-20-32(21-19-26-22-31-30-18-7-6-17-29(26)30)23-27-15-8-14-25-13-4-5-16-28(25)27;1-23-21-26(28-17-9-8-16-27(23)28)18-20-29(22-25-13-6-3-7-14-25)19-10-15-24-11-4-2-5-12-24;1-22-13-15-24(16-14-22)21-29(18-7-10-23-8-3-2-4-9-23)19-17-25-20-28-27-12-6-5-11-26(25)27;1-3-10-22(11-4-1)14-9-18-28(21-23-12-5-2-6-13-23)19-17-24-20-27-26-16-8-7-15-25(24)26;1-2/h1-18,22,31H,19-21,23H2;2-17,21,23H,18-20,22H2,1H3;2-16,20,28H,17-19,21H2,1H3;1-16,20,27H,17-19,21H2;1-2H3/b12-9+;15-10+;10-7+;14-9+;. The summed E-state index contributed by atoms with van der Waals surface area (Å²) in [6, 6.07) is 122. The van der Waals surface area contributed by atoms with Crippen molar-refractivity contribution in [2.45, 2.75) is 85.5 Å². The van der Waals surface area contributed by atoms with Gasteiger partial charge in [-0.05, 0) is 139 Å². The van der Waals surface area contributed by atoms with Crippen molar-refractivity contribution in [1.82, 2.24) is 34.6 Å². The monoisotopic (exact) mass is 1570 g/mol. The van der Waals surface area contributed by atoms with Crippen molar-refractivity contribution in [1.29, 1.82) is 0 Å².